The lowest BCUT2D eigenvalue weighted by Crippen LogP contribution is -2.15. The first-order chi connectivity index (χ1) is 6.33. The van der Waals surface area contributed by atoms with Crippen molar-refractivity contribution in [3.05, 3.63) is 30.3 Å². The van der Waals surface area contributed by atoms with Gasteiger partial charge in [0.2, 0.25) is 0 Å². The van der Waals surface area contributed by atoms with Gasteiger partial charge < -0.3 is 10.5 Å². The lowest BCUT2D eigenvalue weighted by atomic mass is 10.3. The van der Waals surface area contributed by atoms with Crippen LogP contribution in [0, 0.1) is 0 Å². The summed E-state index contributed by atoms with van der Waals surface area (Å²) in [5, 5.41) is 0. The number of aliphatic imine (C=N–C) groups is 1. The number of nitrogens with two attached hydrogens (primary N) is 1. The zero-order valence-corrected chi connectivity index (χ0v) is 7.73. The molecule has 0 atom stereocenters. The number of nitrogens with zero attached hydrogens (tertiary/aromatic N) is 1. The van der Waals surface area contributed by atoms with Gasteiger partial charge in [0.1, 0.15) is 5.75 Å². The van der Waals surface area contributed by atoms with Gasteiger partial charge >= 0.3 is 0 Å². The average Bonchev–Trinajstić information content (AvgIpc) is 2.19. The molecule has 70 valence electrons. The normalized spacial score (nSPS) is 11.3. The molecule has 0 fully saturated rings. The maximum Gasteiger partial charge on any atom is 0.119 e. The Balaban J connectivity index is 2.28. The van der Waals surface area contributed by atoms with Crippen LogP contribution in [-0.4, -0.2) is 19.5 Å². The SMILES string of the molecule is CN=C(N)CCOc1ccccc1. The summed E-state index contributed by atoms with van der Waals surface area (Å²) in [5.74, 6) is 1.49. The summed E-state index contributed by atoms with van der Waals surface area (Å²) in [6, 6.07) is 9.66. The van der Waals surface area contributed by atoms with Crippen LogP contribution >= 0.6 is 0 Å². The van der Waals surface area contributed by atoms with Crippen LogP contribution in [0.5, 0.6) is 5.75 Å². The van der Waals surface area contributed by atoms with Crippen LogP contribution in [0.25, 0.3) is 0 Å². The number of rotatable bonds is 4. The molecule has 0 aliphatic heterocycles. The van der Waals surface area contributed by atoms with Gasteiger partial charge in [-0.2, -0.15) is 0 Å². The molecule has 0 amide bonds. The molecule has 0 aliphatic carbocycles. The molecule has 3 heteroatoms. The minimum atomic E-state index is 0.577. The summed E-state index contributed by atoms with van der Waals surface area (Å²) in [4.78, 5) is 3.83. The van der Waals surface area contributed by atoms with E-state index in [9.17, 15) is 0 Å². The van der Waals surface area contributed by atoms with E-state index in [4.69, 9.17) is 10.5 Å². The van der Waals surface area contributed by atoms with E-state index in [1.807, 2.05) is 30.3 Å². The van der Waals surface area contributed by atoms with E-state index in [2.05, 4.69) is 4.99 Å². The maximum absolute atomic E-state index is 5.51. The van der Waals surface area contributed by atoms with E-state index >= 15 is 0 Å². The highest BCUT2D eigenvalue weighted by Crippen LogP contribution is 2.07. The first kappa shape index (κ1) is 9.58. The largest absolute Gasteiger partial charge is 0.493 e. The summed E-state index contributed by atoms with van der Waals surface area (Å²) in [6.45, 7) is 0.577. The second-order valence-electron chi connectivity index (χ2n) is 2.63. The molecule has 13 heavy (non-hydrogen) atoms. The lowest BCUT2D eigenvalue weighted by molar-refractivity contribution is 0.329. The van der Waals surface area contributed by atoms with Crippen LogP contribution in [-0.2, 0) is 0 Å². The van der Waals surface area contributed by atoms with Gasteiger partial charge in [-0.05, 0) is 12.1 Å². The zero-order chi connectivity index (χ0) is 9.52. The summed E-state index contributed by atoms with van der Waals surface area (Å²) in [5.41, 5.74) is 5.51. The van der Waals surface area contributed by atoms with E-state index < -0.39 is 0 Å². The molecule has 0 heterocycles. The third-order valence-electron chi connectivity index (χ3n) is 1.66. The number of hydrogen-bond acceptors (Lipinski definition) is 2. The van der Waals surface area contributed by atoms with Gasteiger partial charge in [-0.1, -0.05) is 18.2 Å². The third-order valence-corrected chi connectivity index (χ3v) is 1.66. The highest BCUT2D eigenvalue weighted by molar-refractivity contribution is 5.80. The van der Waals surface area contributed by atoms with Crippen molar-refractivity contribution in [2.24, 2.45) is 10.7 Å². The van der Waals surface area contributed by atoms with Crippen molar-refractivity contribution in [3.63, 3.8) is 0 Å². The second kappa shape index (κ2) is 5.19. The molecule has 0 spiro atoms. The van der Waals surface area contributed by atoms with Crippen molar-refractivity contribution in [3.8, 4) is 5.75 Å². The summed E-state index contributed by atoms with van der Waals surface area (Å²) >= 11 is 0. The molecule has 0 aliphatic rings. The Morgan fingerprint density at radius 1 is 1.38 bits per heavy atom. The molecule has 0 saturated heterocycles. The molecule has 1 aromatic carbocycles. The zero-order valence-electron chi connectivity index (χ0n) is 7.73. The minimum Gasteiger partial charge on any atom is -0.493 e. The Morgan fingerprint density at radius 2 is 2.08 bits per heavy atom. The monoisotopic (exact) mass is 178 g/mol. The number of benzene rings is 1. The Hall–Kier alpha value is -1.51. The standard InChI is InChI=1S/C10H14N2O/c1-12-10(11)7-8-13-9-5-3-2-4-6-9/h2-6H,7-8H2,1H3,(H2,11,12). The van der Waals surface area contributed by atoms with Gasteiger partial charge in [0.15, 0.2) is 0 Å². The smallest absolute Gasteiger partial charge is 0.119 e. The minimum absolute atomic E-state index is 0.577. The van der Waals surface area contributed by atoms with Gasteiger partial charge in [-0.3, -0.25) is 4.99 Å². The molecule has 1 aromatic rings. The molecule has 3 nitrogen and oxygen atoms in total. The highest BCUT2D eigenvalue weighted by Gasteiger charge is 1.93. The summed E-state index contributed by atoms with van der Waals surface area (Å²) < 4.78 is 5.42. The van der Waals surface area contributed by atoms with Crippen molar-refractivity contribution < 1.29 is 4.74 Å². The van der Waals surface area contributed by atoms with Gasteiger partial charge in [-0.15, -0.1) is 0 Å². The fourth-order valence-electron chi connectivity index (χ4n) is 0.902. The summed E-state index contributed by atoms with van der Waals surface area (Å²) in [7, 11) is 1.68. The van der Waals surface area contributed by atoms with Crippen molar-refractivity contribution in [1.29, 1.82) is 0 Å². The fourth-order valence-corrected chi connectivity index (χ4v) is 0.902. The van der Waals surface area contributed by atoms with Crippen LogP contribution in [0.2, 0.25) is 0 Å². The van der Waals surface area contributed by atoms with Crippen molar-refractivity contribution in [1.82, 2.24) is 0 Å². The van der Waals surface area contributed by atoms with Crippen LogP contribution < -0.4 is 10.5 Å². The van der Waals surface area contributed by atoms with Gasteiger partial charge in [0, 0.05) is 13.5 Å². The maximum atomic E-state index is 5.51. The predicted octanol–water partition coefficient (Wildman–Crippen LogP) is 1.44. The molecule has 0 saturated carbocycles. The Kier molecular flexibility index (Phi) is 3.82. The molecular weight excluding hydrogens is 164 g/mol. The number of hydrogen-bond donors (Lipinski definition) is 1. The first-order valence-electron chi connectivity index (χ1n) is 4.22. The molecule has 0 unspecified atom stereocenters. The fraction of sp³-hybridized carbons (Fsp3) is 0.300. The number of para-hydroxylation sites is 1. The average molecular weight is 178 g/mol. The van der Waals surface area contributed by atoms with Crippen molar-refractivity contribution >= 4 is 5.84 Å². The Morgan fingerprint density at radius 3 is 2.69 bits per heavy atom. The lowest BCUT2D eigenvalue weighted by Gasteiger charge is -2.04. The van der Waals surface area contributed by atoms with E-state index in [0.29, 0.717) is 18.9 Å². The van der Waals surface area contributed by atoms with Crippen molar-refractivity contribution in [2.75, 3.05) is 13.7 Å². The van der Waals surface area contributed by atoms with Crippen molar-refractivity contribution in [2.45, 2.75) is 6.42 Å². The molecule has 0 radical (unpaired) electrons. The van der Waals surface area contributed by atoms with Crippen LogP contribution in [0.3, 0.4) is 0 Å². The Labute approximate surface area is 78.2 Å². The molecule has 0 aromatic heterocycles. The topological polar surface area (TPSA) is 47.6 Å². The quantitative estimate of drug-likeness (QED) is 0.560. The molecule has 0 bridgehead atoms. The third kappa shape index (κ3) is 3.60. The van der Waals surface area contributed by atoms with Gasteiger partial charge in [0.25, 0.3) is 0 Å². The molecule has 1 rings (SSSR count). The summed E-state index contributed by atoms with van der Waals surface area (Å²) in [6.07, 6.45) is 0.672. The predicted molar refractivity (Wildman–Crippen MR) is 54.1 cm³/mol. The van der Waals surface area contributed by atoms with E-state index in [0.717, 1.165) is 5.75 Å². The number of amidine groups is 1. The van der Waals surface area contributed by atoms with E-state index in [1.165, 1.54) is 0 Å². The van der Waals surface area contributed by atoms with E-state index in [-0.39, 0.29) is 0 Å². The van der Waals surface area contributed by atoms with Crippen LogP contribution in [0.4, 0.5) is 0 Å². The first-order valence-corrected chi connectivity index (χ1v) is 4.22. The highest BCUT2D eigenvalue weighted by atomic mass is 16.5. The Bertz CT molecular complexity index is 270. The second-order valence-corrected chi connectivity index (χ2v) is 2.63. The van der Waals surface area contributed by atoms with Gasteiger partial charge in [-0.25, -0.2) is 0 Å². The van der Waals surface area contributed by atoms with E-state index in [1.54, 1.807) is 7.05 Å². The van der Waals surface area contributed by atoms with Crippen LogP contribution in [0.15, 0.2) is 35.3 Å². The van der Waals surface area contributed by atoms with Crippen LogP contribution in [0.1, 0.15) is 6.42 Å². The number of ether oxygens (including phenoxy) is 1. The molecular formula is C10H14N2O. The van der Waals surface area contributed by atoms with Gasteiger partial charge in [0.05, 0.1) is 12.4 Å². The molecule has 2 N–H and O–H groups in total.